The molecule has 1 aromatic carbocycles. The molecule has 1 aliphatic rings. The Morgan fingerprint density at radius 3 is 2.92 bits per heavy atom. The van der Waals surface area contributed by atoms with Crippen LogP contribution in [-0.4, -0.2) is 22.0 Å². The molecule has 2 aromatic rings. The Balaban J connectivity index is 1.53. The van der Waals surface area contributed by atoms with Crippen LogP contribution in [0, 0.1) is 11.8 Å². The molecule has 1 aromatic heterocycles. The summed E-state index contributed by atoms with van der Waals surface area (Å²) in [6.45, 7) is 1.95. The first-order valence-electron chi connectivity index (χ1n) is 8.79. The molecular formula is C19H26N4O. The molecule has 1 heterocycles. The largest absolute Gasteiger partial charge is 0.349 e. The zero-order valence-electron chi connectivity index (χ0n) is 14.0. The van der Waals surface area contributed by atoms with E-state index in [2.05, 4.69) is 39.1 Å². The fourth-order valence-electron chi connectivity index (χ4n) is 3.57. The van der Waals surface area contributed by atoms with Crippen molar-refractivity contribution in [3.8, 4) is 0 Å². The molecule has 0 bridgehead atoms. The molecule has 0 aliphatic heterocycles. The molecule has 0 radical (unpaired) electrons. The van der Waals surface area contributed by atoms with Gasteiger partial charge >= 0.3 is 0 Å². The summed E-state index contributed by atoms with van der Waals surface area (Å²) in [5.74, 6) is 1.44. The van der Waals surface area contributed by atoms with Crippen LogP contribution >= 0.6 is 0 Å². The zero-order chi connectivity index (χ0) is 16.8. The molecule has 1 aliphatic carbocycles. The first-order valence-corrected chi connectivity index (χ1v) is 8.79. The van der Waals surface area contributed by atoms with Crippen LogP contribution in [0.3, 0.4) is 0 Å². The summed E-state index contributed by atoms with van der Waals surface area (Å²) in [5, 5.41) is 3.05. The van der Waals surface area contributed by atoms with Crippen molar-refractivity contribution in [3.05, 3.63) is 54.1 Å². The van der Waals surface area contributed by atoms with Gasteiger partial charge in [0.15, 0.2) is 0 Å². The summed E-state index contributed by atoms with van der Waals surface area (Å²) in [6, 6.07) is 10.4. The third-order valence-electron chi connectivity index (χ3n) is 5.01. The molecule has 0 unspecified atom stereocenters. The van der Waals surface area contributed by atoms with Crippen molar-refractivity contribution in [1.29, 1.82) is 0 Å². The first kappa shape index (κ1) is 16.7. The number of nitrogens with zero attached hydrogens (tertiary/aromatic N) is 2. The highest BCUT2D eigenvalue weighted by molar-refractivity contribution is 5.79. The average Bonchev–Trinajstić information content (AvgIpc) is 3.27. The summed E-state index contributed by atoms with van der Waals surface area (Å²) in [5.41, 5.74) is 7.08. The normalized spacial score (nSPS) is 20.2. The summed E-state index contributed by atoms with van der Waals surface area (Å²) in [7, 11) is 0. The quantitative estimate of drug-likeness (QED) is 0.818. The number of carbonyl (C=O) groups excluding carboxylic acids is 1. The molecular weight excluding hydrogens is 300 g/mol. The van der Waals surface area contributed by atoms with Crippen LogP contribution in [-0.2, 0) is 24.3 Å². The molecule has 1 saturated carbocycles. The van der Waals surface area contributed by atoms with Crippen molar-refractivity contribution in [3.63, 3.8) is 0 Å². The highest BCUT2D eigenvalue weighted by Crippen LogP contribution is 2.30. The minimum Gasteiger partial charge on any atom is -0.349 e. The molecule has 5 heteroatoms. The fraction of sp³-hybridized carbons (Fsp3) is 0.474. The maximum Gasteiger partial charge on any atom is 0.223 e. The van der Waals surface area contributed by atoms with E-state index in [1.54, 1.807) is 6.20 Å². The van der Waals surface area contributed by atoms with Crippen LogP contribution in [0.2, 0.25) is 0 Å². The molecule has 0 saturated heterocycles. The van der Waals surface area contributed by atoms with Crippen LogP contribution in [0.15, 0.2) is 42.7 Å². The van der Waals surface area contributed by atoms with Gasteiger partial charge in [-0.25, -0.2) is 4.98 Å². The molecule has 5 nitrogen and oxygen atoms in total. The number of aryl methyl sites for hydroxylation is 2. The lowest BCUT2D eigenvalue weighted by Crippen LogP contribution is -2.35. The number of rotatable bonds is 7. The lowest BCUT2D eigenvalue weighted by molar-refractivity contribution is -0.126. The van der Waals surface area contributed by atoms with E-state index < -0.39 is 0 Å². The predicted molar refractivity (Wildman–Crippen MR) is 94.1 cm³/mol. The van der Waals surface area contributed by atoms with Gasteiger partial charge in [-0.05, 0) is 37.3 Å². The van der Waals surface area contributed by atoms with E-state index in [1.807, 2.05) is 12.3 Å². The molecule has 3 N–H and O–H groups in total. The highest BCUT2D eigenvalue weighted by atomic mass is 16.1. The Labute approximate surface area is 143 Å². The minimum absolute atomic E-state index is 0.0720. The Kier molecular flexibility index (Phi) is 5.64. The Morgan fingerprint density at radius 2 is 2.12 bits per heavy atom. The Bertz CT molecular complexity index is 652. The fourth-order valence-corrected chi connectivity index (χ4v) is 3.57. The van der Waals surface area contributed by atoms with Gasteiger partial charge in [0.2, 0.25) is 5.91 Å². The molecule has 0 spiro atoms. The van der Waals surface area contributed by atoms with Crippen molar-refractivity contribution in [1.82, 2.24) is 14.9 Å². The smallest absolute Gasteiger partial charge is 0.223 e. The van der Waals surface area contributed by atoms with E-state index in [9.17, 15) is 4.79 Å². The van der Waals surface area contributed by atoms with E-state index in [0.717, 1.165) is 38.1 Å². The lowest BCUT2D eigenvalue weighted by Gasteiger charge is -2.17. The molecule has 1 amide bonds. The zero-order valence-corrected chi connectivity index (χ0v) is 14.0. The topological polar surface area (TPSA) is 72.9 Å². The molecule has 128 valence electrons. The number of carbonyl (C=O) groups is 1. The van der Waals surface area contributed by atoms with Gasteiger partial charge in [0.1, 0.15) is 5.82 Å². The number of hydrogen-bond donors (Lipinski definition) is 2. The van der Waals surface area contributed by atoms with Gasteiger partial charge in [0.05, 0.1) is 6.54 Å². The van der Waals surface area contributed by atoms with E-state index in [-0.39, 0.29) is 11.8 Å². The summed E-state index contributed by atoms with van der Waals surface area (Å²) in [6.07, 6.45) is 7.85. The molecule has 2 atom stereocenters. The van der Waals surface area contributed by atoms with Gasteiger partial charge in [-0.3, -0.25) is 4.79 Å². The monoisotopic (exact) mass is 326 g/mol. The second-order valence-electron chi connectivity index (χ2n) is 6.52. The third kappa shape index (κ3) is 4.03. The van der Waals surface area contributed by atoms with Gasteiger partial charge in [0.25, 0.3) is 0 Å². The third-order valence-corrected chi connectivity index (χ3v) is 5.01. The Hall–Kier alpha value is -2.14. The number of benzene rings is 1. The SMILES string of the molecule is NC[C@H]1CCC[C@H]1C(=O)NCc1nccn1CCc1ccccc1. The van der Waals surface area contributed by atoms with Crippen LogP contribution in [0.4, 0.5) is 0 Å². The van der Waals surface area contributed by atoms with Gasteiger partial charge in [-0.15, -0.1) is 0 Å². The van der Waals surface area contributed by atoms with Gasteiger partial charge < -0.3 is 15.6 Å². The number of hydrogen-bond acceptors (Lipinski definition) is 3. The minimum atomic E-state index is 0.0720. The van der Waals surface area contributed by atoms with E-state index in [4.69, 9.17) is 5.73 Å². The van der Waals surface area contributed by atoms with E-state index in [1.165, 1.54) is 5.56 Å². The first-order chi connectivity index (χ1) is 11.8. The summed E-state index contributed by atoms with van der Waals surface area (Å²) < 4.78 is 2.11. The standard InChI is InChI=1S/C19H26N4O/c20-13-16-7-4-8-17(16)19(24)22-14-18-21-10-12-23(18)11-9-15-5-2-1-3-6-15/h1-3,5-6,10,12,16-17H,4,7-9,11,13-14,20H2,(H,22,24)/t16-,17-/m1/s1. The molecule has 24 heavy (non-hydrogen) atoms. The second-order valence-corrected chi connectivity index (χ2v) is 6.52. The van der Waals surface area contributed by atoms with Gasteiger partial charge in [0, 0.05) is 24.9 Å². The number of nitrogens with one attached hydrogen (secondary N) is 1. The maximum absolute atomic E-state index is 12.4. The number of nitrogens with two attached hydrogens (primary N) is 1. The van der Waals surface area contributed by atoms with Crippen molar-refractivity contribution >= 4 is 5.91 Å². The van der Waals surface area contributed by atoms with Crippen LogP contribution < -0.4 is 11.1 Å². The highest BCUT2D eigenvalue weighted by Gasteiger charge is 2.31. The lowest BCUT2D eigenvalue weighted by atomic mass is 9.95. The second kappa shape index (κ2) is 8.11. The molecule has 1 fully saturated rings. The molecule has 3 rings (SSSR count). The van der Waals surface area contributed by atoms with Crippen molar-refractivity contribution in [2.24, 2.45) is 17.6 Å². The van der Waals surface area contributed by atoms with E-state index >= 15 is 0 Å². The maximum atomic E-state index is 12.4. The van der Waals surface area contributed by atoms with Crippen LogP contribution in [0.5, 0.6) is 0 Å². The number of imidazole rings is 1. The predicted octanol–water partition coefficient (Wildman–Crippen LogP) is 2.12. The van der Waals surface area contributed by atoms with Gasteiger partial charge in [-0.2, -0.15) is 0 Å². The summed E-state index contributed by atoms with van der Waals surface area (Å²) in [4.78, 5) is 16.8. The van der Waals surface area contributed by atoms with Gasteiger partial charge in [-0.1, -0.05) is 36.8 Å². The number of aromatic nitrogens is 2. The van der Waals surface area contributed by atoms with Crippen LogP contribution in [0.1, 0.15) is 30.7 Å². The Morgan fingerprint density at radius 1 is 1.29 bits per heavy atom. The number of amides is 1. The van der Waals surface area contributed by atoms with Crippen molar-refractivity contribution in [2.45, 2.75) is 38.8 Å². The average molecular weight is 326 g/mol. The van der Waals surface area contributed by atoms with E-state index in [0.29, 0.717) is 19.0 Å². The van der Waals surface area contributed by atoms with Crippen molar-refractivity contribution in [2.75, 3.05) is 6.54 Å². The summed E-state index contributed by atoms with van der Waals surface area (Å²) >= 11 is 0. The van der Waals surface area contributed by atoms with Crippen molar-refractivity contribution < 1.29 is 4.79 Å². The van der Waals surface area contributed by atoms with Crippen LogP contribution in [0.25, 0.3) is 0 Å².